The second-order valence-corrected chi connectivity index (χ2v) is 4.99. The lowest BCUT2D eigenvalue weighted by Gasteiger charge is -2.09. The monoisotopic (exact) mass is 326 g/mol. The minimum Gasteiger partial charge on any atom is -0.491 e. The van der Waals surface area contributed by atoms with Gasteiger partial charge in [-0.15, -0.1) is 0 Å². The highest BCUT2D eigenvalue weighted by atomic mass is 16.5. The molecular formula is C19H18O5. The highest BCUT2D eigenvalue weighted by Gasteiger charge is 2.04. The number of carbonyl (C=O) groups excluding carboxylic acids is 1. The zero-order chi connectivity index (χ0) is 17.4. The molecule has 2 rings (SSSR count). The summed E-state index contributed by atoms with van der Waals surface area (Å²) in [4.78, 5) is 11.4. The van der Waals surface area contributed by atoms with Crippen LogP contribution in [0.15, 0.2) is 48.5 Å². The third kappa shape index (κ3) is 5.13. The predicted molar refractivity (Wildman–Crippen MR) is 88.8 cm³/mol. The summed E-state index contributed by atoms with van der Waals surface area (Å²) in [5.41, 5.74) is 2.07. The molecule has 2 N–H and O–H groups in total. The van der Waals surface area contributed by atoms with Gasteiger partial charge in [-0.1, -0.05) is 11.8 Å². The first kappa shape index (κ1) is 17.5. The first-order chi connectivity index (χ1) is 11.6. The normalized spacial score (nSPS) is 11.1. The van der Waals surface area contributed by atoms with Gasteiger partial charge in [0.15, 0.2) is 0 Å². The second kappa shape index (κ2) is 8.73. The Labute approximate surface area is 140 Å². The van der Waals surface area contributed by atoms with Gasteiger partial charge in [-0.25, -0.2) is 4.79 Å². The van der Waals surface area contributed by atoms with Crippen LogP contribution in [0.1, 0.15) is 21.5 Å². The fourth-order valence-corrected chi connectivity index (χ4v) is 1.83. The van der Waals surface area contributed by atoms with E-state index < -0.39 is 6.10 Å². The number of ether oxygens (including phenoxy) is 2. The topological polar surface area (TPSA) is 76.0 Å². The zero-order valence-electron chi connectivity index (χ0n) is 13.2. The first-order valence-electron chi connectivity index (χ1n) is 7.34. The lowest BCUT2D eigenvalue weighted by Crippen LogP contribution is -2.21. The highest BCUT2D eigenvalue weighted by molar-refractivity contribution is 5.89. The van der Waals surface area contributed by atoms with Crippen LogP contribution in [0.2, 0.25) is 0 Å². The van der Waals surface area contributed by atoms with Crippen molar-refractivity contribution in [3.8, 4) is 17.6 Å². The van der Waals surface area contributed by atoms with Crippen molar-refractivity contribution >= 4 is 5.97 Å². The van der Waals surface area contributed by atoms with Crippen LogP contribution in [-0.2, 0) is 4.74 Å². The van der Waals surface area contributed by atoms with Gasteiger partial charge in [-0.2, -0.15) is 0 Å². The van der Waals surface area contributed by atoms with E-state index in [0.717, 1.165) is 11.1 Å². The van der Waals surface area contributed by atoms with Gasteiger partial charge in [0.2, 0.25) is 0 Å². The molecule has 0 aromatic heterocycles. The molecule has 0 heterocycles. The standard InChI is InChI=1S/C19H18O5/c1-23-19(22)16-8-4-14(5-9-16)2-3-15-6-10-18(11-7-15)24-13-17(21)12-20/h4-11,17,20-21H,12-13H2,1H3. The minimum absolute atomic E-state index is 0.0358. The van der Waals surface area contributed by atoms with E-state index in [9.17, 15) is 9.90 Å². The molecule has 0 fully saturated rings. The van der Waals surface area contributed by atoms with Crippen molar-refractivity contribution in [3.05, 3.63) is 65.2 Å². The maximum absolute atomic E-state index is 11.4. The molecule has 2 aromatic rings. The molecule has 5 nitrogen and oxygen atoms in total. The Bertz CT molecular complexity index is 723. The van der Waals surface area contributed by atoms with Crippen molar-refractivity contribution in [1.82, 2.24) is 0 Å². The van der Waals surface area contributed by atoms with E-state index in [2.05, 4.69) is 16.6 Å². The summed E-state index contributed by atoms with van der Waals surface area (Å²) in [6.45, 7) is -0.299. The minimum atomic E-state index is -0.891. The van der Waals surface area contributed by atoms with E-state index in [-0.39, 0.29) is 19.2 Å². The average molecular weight is 326 g/mol. The van der Waals surface area contributed by atoms with E-state index in [0.29, 0.717) is 11.3 Å². The number of hydrogen-bond acceptors (Lipinski definition) is 5. The second-order valence-electron chi connectivity index (χ2n) is 4.99. The molecule has 24 heavy (non-hydrogen) atoms. The third-order valence-electron chi connectivity index (χ3n) is 3.16. The van der Waals surface area contributed by atoms with Gasteiger partial charge in [0.05, 0.1) is 19.3 Å². The lowest BCUT2D eigenvalue weighted by molar-refractivity contribution is 0.0536. The molecule has 0 bridgehead atoms. The van der Waals surface area contributed by atoms with Gasteiger partial charge in [0, 0.05) is 11.1 Å². The predicted octanol–water partition coefficient (Wildman–Crippen LogP) is 1.60. The Kier molecular flexibility index (Phi) is 6.38. The van der Waals surface area contributed by atoms with Crippen molar-refractivity contribution in [3.63, 3.8) is 0 Å². The van der Waals surface area contributed by atoms with E-state index in [1.165, 1.54) is 7.11 Å². The van der Waals surface area contributed by atoms with Crippen LogP contribution in [0.25, 0.3) is 0 Å². The van der Waals surface area contributed by atoms with Crippen LogP contribution in [0, 0.1) is 11.8 Å². The number of rotatable bonds is 5. The molecular weight excluding hydrogens is 308 g/mol. The van der Waals surface area contributed by atoms with Crippen LogP contribution in [0.4, 0.5) is 0 Å². The quantitative estimate of drug-likeness (QED) is 0.645. The summed E-state index contributed by atoms with van der Waals surface area (Å²) in [5.74, 6) is 6.24. The van der Waals surface area contributed by atoms with Crippen molar-refractivity contribution in [2.75, 3.05) is 20.3 Å². The van der Waals surface area contributed by atoms with Gasteiger partial charge >= 0.3 is 5.97 Å². The Morgan fingerprint density at radius 1 is 1.04 bits per heavy atom. The fourth-order valence-electron chi connectivity index (χ4n) is 1.83. The molecule has 1 unspecified atom stereocenters. The van der Waals surface area contributed by atoms with Gasteiger partial charge in [0.25, 0.3) is 0 Å². The van der Waals surface area contributed by atoms with Gasteiger partial charge in [-0.05, 0) is 48.5 Å². The number of esters is 1. The Morgan fingerprint density at radius 2 is 1.58 bits per heavy atom. The number of aliphatic hydroxyl groups is 2. The van der Waals surface area contributed by atoms with Crippen LogP contribution in [0.3, 0.4) is 0 Å². The molecule has 0 aliphatic carbocycles. The first-order valence-corrected chi connectivity index (χ1v) is 7.34. The maximum Gasteiger partial charge on any atom is 0.337 e. The SMILES string of the molecule is COC(=O)c1ccc(C#Cc2ccc(OCC(O)CO)cc2)cc1. The fraction of sp³-hybridized carbons (Fsp3) is 0.211. The summed E-state index contributed by atoms with van der Waals surface area (Å²) in [6, 6.07) is 13.9. The average Bonchev–Trinajstić information content (AvgIpc) is 2.65. The Morgan fingerprint density at radius 3 is 2.08 bits per heavy atom. The lowest BCUT2D eigenvalue weighted by atomic mass is 10.1. The summed E-state index contributed by atoms with van der Waals surface area (Å²) in [5, 5.41) is 18.0. The molecule has 0 spiro atoms. The van der Waals surface area contributed by atoms with Gasteiger partial charge in [-0.3, -0.25) is 0 Å². The highest BCUT2D eigenvalue weighted by Crippen LogP contribution is 2.12. The van der Waals surface area contributed by atoms with Crippen LogP contribution < -0.4 is 4.74 Å². The van der Waals surface area contributed by atoms with Gasteiger partial charge in [0.1, 0.15) is 18.5 Å². The smallest absolute Gasteiger partial charge is 0.337 e. The summed E-state index contributed by atoms with van der Waals surface area (Å²) in [6.07, 6.45) is -0.891. The van der Waals surface area contributed by atoms with Crippen LogP contribution >= 0.6 is 0 Å². The van der Waals surface area contributed by atoms with Crippen LogP contribution in [-0.4, -0.2) is 42.6 Å². The summed E-state index contributed by atoms with van der Waals surface area (Å²) >= 11 is 0. The third-order valence-corrected chi connectivity index (χ3v) is 3.16. The Hall–Kier alpha value is -2.81. The van der Waals surface area contributed by atoms with Crippen molar-refractivity contribution in [2.24, 2.45) is 0 Å². The van der Waals surface area contributed by atoms with Crippen molar-refractivity contribution in [2.45, 2.75) is 6.10 Å². The van der Waals surface area contributed by atoms with E-state index in [1.54, 1.807) is 48.5 Å². The maximum atomic E-state index is 11.4. The van der Waals surface area contributed by atoms with Crippen molar-refractivity contribution < 1.29 is 24.5 Å². The van der Waals surface area contributed by atoms with Crippen molar-refractivity contribution in [1.29, 1.82) is 0 Å². The summed E-state index contributed by atoms with van der Waals surface area (Å²) < 4.78 is 9.96. The molecule has 5 heteroatoms. The molecule has 0 amide bonds. The molecule has 124 valence electrons. The number of benzene rings is 2. The Balaban J connectivity index is 1.99. The molecule has 0 saturated carbocycles. The molecule has 2 aromatic carbocycles. The molecule has 0 aliphatic rings. The molecule has 0 aliphatic heterocycles. The van der Waals surface area contributed by atoms with E-state index in [1.807, 2.05) is 0 Å². The number of carbonyl (C=O) groups is 1. The van der Waals surface area contributed by atoms with Gasteiger partial charge < -0.3 is 19.7 Å². The molecule has 1 atom stereocenters. The summed E-state index contributed by atoms with van der Waals surface area (Å²) in [7, 11) is 1.34. The number of methoxy groups -OCH3 is 1. The van der Waals surface area contributed by atoms with E-state index in [4.69, 9.17) is 9.84 Å². The van der Waals surface area contributed by atoms with Crippen LogP contribution in [0.5, 0.6) is 5.75 Å². The zero-order valence-corrected chi connectivity index (χ0v) is 13.2. The largest absolute Gasteiger partial charge is 0.491 e. The number of hydrogen-bond donors (Lipinski definition) is 2. The number of aliphatic hydroxyl groups excluding tert-OH is 2. The van der Waals surface area contributed by atoms with E-state index >= 15 is 0 Å². The molecule has 0 radical (unpaired) electrons. The molecule has 0 saturated heterocycles.